The molecule has 1 N–H and O–H groups in total. The van der Waals surface area contributed by atoms with Gasteiger partial charge in [-0.3, -0.25) is 0 Å². The van der Waals surface area contributed by atoms with E-state index in [4.69, 9.17) is 46.4 Å². The van der Waals surface area contributed by atoms with Crippen molar-refractivity contribution in [3.63, 3.8) is 0 Å². The topological polar surface area (TPSA) is 12.0 Å². The van der Waals surface area contributed by atoms with Crippen LogP contribution in [-0.2, 0) is 6.54 Å². The molecule has 19 heavy (non-hydrogen) atoms. The molecule has 2 aromatic carbocycles. The van der Waals surface area contributed by atoms with Crippen LogP contribution in [0.15, 0.2) is 30.3 Å². The van der Waals surface area contributed by atoms with E-state index in [0.717, 1.165) is 14.8 Å². The lowest BCUT2D eigenvalue weighted by atomic mass is 10.2. The van der Waals surface area contributed by atoms with Crippen molar-refractivity contribution in [1.82, 2.24) is 0 Å². The van der Waals surface area contributed by atoms with E-state index < -0.39 is 0 Å². The number of hydrogen-bond acceptors (Lipinski definition) is 1. The third kappa shape index (κ3) is 3.82. The molecule has 0 amide bonds. The van der Waals surface area contributed by atoms with E-state index in [1.165, 1.54) is 0 Å². The lowest BCUT2D eigenvalue weighted by molar-refractivity contribution is 1.15. The zero-order valence-corrected chi connectivity index (χ0v) is 14.7. The molecule has 0 saturated carbocycles. The Kier molecular flexibility index (Phi) is 5.49. The Morgan fingerprint density at radius 1 is 0.947 bits per heavy atom. The van der Waals surface area contributed by atoms with Crippen molar-refractivity contribution in [2.45, 2.75) is 6.54 Å². The highest BCUT2D eigenvalue weighted by molar-refractivity contribution is 14.1. The largest absolute Gasteiger partial charge is 0.380 e. The van der Waals surface area contributed by atoms with Gasteiger partial charge in [-0.15, -0.1) is 0 Å². The molecule has 0 aromatic heterocycles. The molecule has 6 heteroatoms. The standard InChI is InChI=1S/C13H8Cl4IN/c14-7-1-4-12(11(18)5-7)19-6-8-9(15)2-3-10(16)13(8)17/h1-5,19H,6H2. The molecule has 0 radical (unpaired) electrons. The van der Waals surface area contributed by atoms with E-state index >= 15 is 0 Å². The molecule has 0 aliphatic rings. The minimum absolute atomic E-state index is 0.477. The maximum Gasteiger partial charge on any atom is 0.0657 e. The van der Waals surface area contributed by atoms with Gasteiger partial charge in [-0.1, -0.05) is 46.4 Å². The summed E-state index contributed by atoms with van der Waals surface area (Å²) >= 11 is 26.4. The molecule has 0 aliphatic heterocycles. The molecule has 0 unspecified atom stereocenters. The van der Waals surface area contributed by atoms with Gasteiger partial charge in [-0.2, -0.15) is 0 Å². The summed E-state index contributed by atoms with van der Waals surface area (Å²) in [6.45, 7) is 0.496. The third-order valence-corrected chi connectivity index (χ3v) is 4.85. The first-order valence-electron chi connectivity index (χ1n) is 5.30. The summed E-state index contributed by atoms with van der Waals surface area (Å²) in [5, 5.41) is 5.53. The summed E-state index contributed by atoms with van der Waals surface area (Å²) in [4.78, 5) is 0. The Bertz CT molecular complexity index is 616. The van der Waals surface area contributed by atoms with Crippen LogP contribution in [0, 0.1) is 3.57 Å². The first-order valence-corrected chi connectivity index (χ1v) is 7.89. The molecule has 0 bridgehead atoms. The van der Waals surface area contributed by atoms with Crippen molar-refractivity contribution in [2.24, 2.45) is 0 Å². The van der Waals surface area contributed by atoms with E-state index in [9.17, 15) is 0 Å². The highest BCUT2D eigenvalue weighted by Gasteiger charge is 2.10. The number of halogens is 5. The Hall–Kier alpha value is 0.130. The molecule has 0 aliphatic carbocycles. The fourth-order valence-electron chi connectivity index (χ4n) is 1.55. The van der Waals surface area contributed by atoms with E-state index in [1.54, 1.807) is 12.1 Å². The fourth-order valence-corrected chi connectivity index (χ4v) is 3.29. The van der Waals surface area contributed by atoms with Gasteiger partial charge >= 0.3 is 0 Å². The van der Waals surface area contributed by atoms with Gasteiger partial charge in [0.1, 0.15) is 0 Å². The van der Waals surface area contributed by atoms with Crippen molar-refractivity contribution in [3.8, 4) is 0 Å². The molecule has 0 spiro atoms. The number of benzene rings is 2. The first-order chi connectivity index (χ1) is 8.99. The second-order valence-corrected chi connectivity index (χ2v) is 6.59. The zero-order valence-electron chi connectivity index (χ0n) is 9.48. The normalized spacial score (nSPS) is 10.6. The Balaban J connectivity index is 2.21. The van der Waals surface area contributed by atoms with Gasteiger partial charge in [-0.05, 0) is 52.9 Å². The molecule has 2 rings (SSSR count). The van der Waals surface area contributed by atoms with Crippen molar-refractivity contribution in [3.05, 3.63) is 59.6 Å². The van der Waals surface area contributed by atoms with Crippen molar-refractivity contribution in [2.75, 3.05) is 5.32 Å². The van der Waals surface area contributed by atoms with Crippen molar-refractivity contribution < 1.29 is 0 Å². The summed E-state index contributed by atoms with van der Waals surface area (Å²) in [6, 6.07) is 9.04. The van der Waals surface area contributed by atoms with Crippen LogP contribution in [0.25, 0.3) is 0 Å². The van der Waals surface area contributed by atoms with Gasteiger partial charge in [0.05, 0.1) is 10.0 Å². The van der Waals surface area contributed by atoms with Crippen LogP contribution in [0.5, 0.6) is 0 Å². The van der Waals surface area contributed by atoms with Crippen LogP contribution in [0.2, 0.25) is 20.1 Å². The van der Waals surface area contributed by atoms with E-state index in [-0.39, 0.29) is 0 Å². The summed E-state index contributed by atoms with van der Waals surface area (Å²) in [7, 11) is 0. The minimum Gasteiger partial charge on any atom is -0.380 e. The second kappa shape index (κ2) is 6.72. The van der Waals surface area contributed by atoms with E-state index in [0.29, 0.717) is 26.6 Å². The number of anilines is 1. The van der Waals surface area contributed by atoms with Crippen LogP contribution < -0.4 is 5.32 Å². The van der Waals surface area contributed by atoms with Crippen LogP contribution >= 0.6 is 69.0 Å². The number of nitrogens with one attached hydrogen (secondary N) is 1. The van der Waals surface area contributed by atoms with Crippen LogP contribution in [0.3, 0.4) is 0 Å². The lowest BCUT2D eigenvalue weighted by Gasteiger charge is -2.12. The summed E-state index contributed by atoms with van der Waals surface area (Å²) < 4.78 is 1.03. The minimum atomic E-state index is 0.477. The number of rotatable bonds is 3. The molecule has 0 saturated heterocycles. The molecule has 0 fully saturated rings. The first kappa shape index (κ1) is 15.5. The summed E-state index contributed by atoms with van der Waals surface area (Å²) in [5.41, 5.74) is 1.75. The molecule has 2 aromatic rings. The SMILES string of the molecule is Clc1ccc(NCc2c(Cl)ccc(Cl)c2Cl)c(I)c1. The predicted octanol–water partition coefficient (Wildman–Crippen LogP) is 6.52. The molecule has 100 valence electrons. The average Bonchev–Trinajstić information content (AvgIpc) is 2.36. The predicted molar refractivity (Wildman–Crippen MR) is 93.0 cm³/mol. The molecular weight excluding hydrogens is 439 g/mol. The molecular formula is C13H8Cl4IN. The zero-order chi connectivity index (χ0) is 14.0. The second-order valence-electron chi connectivity index (χ2n) is 3.80. The number of hydrogen-bond donors (Lipinski definition) is 1. The third-order valence-electron chi connectivity index (χ3n) is 2.53. The average molecular weight is 447 g/mol. The molecule has 1 nitrogen and oxygen atoms in total. The van der Waals surface area contributed by atoms with Crippen molar-refractivity contribution >= 4 is 74.7 Å². The van der Waals surface area contributed by atoms with Gasteiger partial charge < -0.3 is 5.32 Å². The van der Waals surface area contributed by atoms with Crippen molar-refractivity contribution in [1.29, 1.82) is 0 Å². The Labute approximate surface area is 145 Å². The summed E-state index contributed by atoms with van der Waals surface area (Å²) in [5.74, 6) is 0. The molecule has 0 heterocycles. The van der Waals surface area contributed by atoms with Gasteiger partial charge in [0, 0.05) is 31.4 Å². The van der Waals surface area contributed by atoms with E-state index in [1.807, 2.05) is 18.2 Å². The quantitative estimate of drug-likeness (QED) is 0.418. The maximum absolute atomic E-state index is 6.15. The van der Waals surface area contributed by atoms with E-state index in [2.05, 4.69) is 27.9 Å². The van der Waals surface area contributed by atoms with Gasteiger partial charge in [0.2, 0.25) is 0 Å². The Morgan fingerprint density at radius 3 is 2.32 bits per heavy atom. The van der Waals surface area contributed by atoms with Crippen LogP contribution in [0.1, 0.15) is 5.56 Å². The Morgan fingerprint density at radius 2 is 1.63 bits per heavy atom. The lowest BCUT2D eigenvalue weighted by Crippen LogP contribution is -2.02. The highest BCUT2D eigenvalue weighted by Crippen LogP contribution is 2.32. The summed E-state index contributed by atoms with van der Waals surface area (Å²) in [6.07, 6.45) is 0. The van der Waals surface area contributed by atoms with Gasteiger partial charge in [0.25, 0.3) is 0 Å². The fraction of sp³-hybridized carbons (Fsp3) is 0.0769. The smallest absolute Gasteiger partial charge is 0.0657 e. The van der Waals surface area contributed by atoms with Gasteiger partial charge in [-0.25, -0.2) is 0 Å². The van der Waals surface area contributed by atoms with Gasteiger partial charge in [0.15, 0.2) is 0 Å². The maximum atomic E-state index is 6.15. The monoisotopic (exact) mass is 445 g/mol. The van der Waals surface area contributed by atoms with Crippen LogP contribution in [-0.4, -0.2) is 0 Å². The van der Waals surface area contributed by atoms with Crippen LogP contribution in [0.4, 0.5) is 5.69 Å². The molecule has 0 atom stereocenters. The highest BCUT2D eigenvalue weighted by atomic mass is 127.